The highest BCUT2D eigenvalue weighted by molar-refractivity contribution is 7.86. The first-order valence-corrected chi connectivity index (χ1v) is 34.1. The summed E-state index contributed by atoms with van der Waals surface area (Å²) in [6.07, 6.45) is -1.41. The minimum atomic E-state index is -4.66. The predicted octanol–water partition coefficient (Wildman–Crippen LogP) is 11.1. The number of fused-ring (bicyclic) bond motifs is 10. The minimum absolute atomic E-state index is 0.145. The second kappa shape index (κ2) is 23.3. The van der Waals surface area contributed by atoms with Gasteiger partial charge in [0.25, 0.3) is 50.6 Å². The van der Waals surface area contributed by atoms with Gasteiger partial charge in [-0.2, -0.15) is 42.1 Å². The van der Waals surface area contributed by atoms with Crippen LogP contribution in [0.4, 0.5) is 0 Å². The summed E-state index contributed by atoms with van der Waals surface area (Å²) in [6.45, 7) is 0. The highest BCUT2D eigenvalue weighted by Crippen LogP contribution is 2.44. The van der Waals surface area contributed by atoms with Crippen molar-refractivity contribution in [3.05, 3.63) is 238 Å². The summed E-state index contributed by atoms with van der Waals surface area (Å²) in [4.78, 5) is -2.15. The van der Waals surface area contributed by atoms with E-state index in [4.69, 9.17) is 0 Å². The van der Waals surface area contributed by atoms with Crippen molar-refractivity contribution in [2.24, 2.45) is 0 Å². The Labute approximate surface area is 516 Å². The average Bonchev–Trinajstić information content (AvgIpc) is 1.01. The molecule has 0 radical (unpaired) electrons. The van der Waals surface area contributed by atoms with E-state index >= 15 is 0 Å². The molecule has 11 rings (SSSR count). The van der Waals surface area contributed by atoms with Crippen LogP contribution in [0.1, 0.15) is 55.6 Å². The third-order valence-electron chi connectivity index (χ3n) is 15.7. The van der Waals surface area contributed by atoms with Gasteiger partial charge in [0.05, 0.1) is 24.5 Å². The van der Waals surface area contributed by atoms with E-state index in [9.17, 15) is 90.4 Å². The molecule has 10 bridgehead atoms. The molecule has 10 N–H and O–H groups in total. The van der Waals surface area contributed by atoms with Crippen molar-refractivity contribution in [3.63, 3.8) is 0 Å². The first-order valence-electron chi connectivity index (χ1n) is 26.9. The van der Waals surface area contributed by atoms with Crippen LogP contribution in [0.5, 0.6) is 28.7 Å². The van der Waals surface area contributed by atoms with Crippen molar-refractivity contribution in [2.45, 2.75) is 56.6 Å². The highest BCUT2D eigenvalue weighted by Gasteiger charge is 2.26. The van der Waals surface area contributed by atoms with Gasteiger partial charge < -0.3 is 25.5 Å². The first-order chi connectivity index (χ1) is 42.2. The van der Waals surface area contributed by atoms with Crippen molar-refractivity contribution in [3.8, 4) is 84.4 Å². The lowest BCUT2D eigenvalue weighted by Gasteiger charge is -2.20. The van der Waals surface area contributed by atoms with Gasteiger partial charge in [-0.15, -0.1) is 0 Å². The Balaban J connectivity index is 1.21. The van der Waals surface area contributed by atoms with Crippen LogP contribution in [0.2, 0.25) is 0 Å². The van der Waals surface area contributed by atoms with Gasteiger partial charge in [0, 0.05) is 32.1 Å². The number of aromatic hydroxyl groups is 5. The number of rotatable bonds is 10. The molecule has 0 heterocycles. The molecule has 0 aliphatic heterocycles. The summed E-state index contributed by atoms with van der Waals surface area (Å²) < 4.78 is 171. The Morgan fingerprint density at radius 1 is 0.189 bits per heavy atom. The Morgan fingerprint density at radius 3 is 0.400 bits per heavy atom. The van der Waals surface area contributed by atoms with Crippen LogP contribution in [-0.2, 0) is 82.7 Å². The van der Waals surface area contributed by atoms with Crippen molar-refractivity contribution < 1.29 is 90.4 Å². The zero-order chi connectivity index (χ0) is 64.6. The lowest BCUT2D eigenvalue weighted by atomic mass is 9.86. The van der Waals surface area contributed by atoms with Gasteiger partial charge in [-0.05, 0) is 233 Å². The normalized spacial score (nSPS) is 13.2. The molecule has 460 valence electrons. The van der Waals surface area contributed by atoms with E-state index in [1.165, 1.54) is 60.7 Å². The zero-order valence-electron chi connectivity index (χ0n) is 46.5. The van der Waals surface area contributed by atoms with Crippen LogP contribution in [0.15, 0.2) is 206 Å². The van der Waals surface area contributed by atoms with Crippen LogP contribution in [0, 0.1) is 0 Å². The maximum absolute atomic E-state index is 12.6. The van der Waals surface area contributed by atoms with Gasteiger partial charge >= 0.3 is 0 Å². The smallest absolute Gasteiger partial charge is 0.294 e. The van der Waals surface area contributed by atoms with Gasteiger partial charge in [0.2, 0.25) is 0 Å². The highest BCUT2D eigenvalue weighted by atomic mass is 32.2. The molecule has 10 aromatic rings. The molecule has 0 saturated heterocycles. The molecule has 0 aromatic heterocycles. The molecule has 0 fully saturated rings. The number of phenols is 5. The van der Waals surface area contributed by atoms with Gasteiger partial charge in [0.15, 0.2) is 0 Å². The Bertz CT molecular complexity index is 4300. The van der Waals surface area contributed by atoms with E-state index in [0.29, 0.717) is 55.6 Å². The first kappa shape index (κ1) is 62.4. The summed E-state index contributed by atoms with van der Waals surface area (Å²) in [7, 11) is -23.3. The molecular weight excluding hydrogens is 1260 g/mol. The van der Waals surface area contributed by atoms with Crippen molar-refractivity contribution >= 4 is 50.6 Å². The standard InChI is InChI=1S/C65H50O20S5/c66-61-46-21-41(36-1-11-56(12-2-36)86(71,72)73)22-47(61)32-49-24-43(38-5-15-58(16-6-38)88(77,78)79)26-51(63(49)68)34-53-28-45(40-9-19-60(20-10-40)90(83,84)85)30-55(65(53)70)35-54-29-44(39-7-17-59(18-8-39)89(80,81)82)27-52(64(54)69)33-50-25-42(23-48(31-46)62(50)67)37-3-13-57(14-4-37)87(74,75)76/h1-30,66-70H,31-35H2,(H,71,72,73)(H,74,75,76)(H,77,78,79)(H,80,81,82)(H,83,84,85). The molecule has 1 aliphatic carbocycles. The lowest BCUT2D eigenvalue weighted by molar-refractivity contribution is 0.450. The van der Waals surface area contributed by atoms with Crippen LogP contribution in [-0.4, -0.2) is 90.4 Å². The molecule has 0 unspecified atom stereocenters. The van der Waals surface area contributed by atoms with E-state index in [1.807, 2.05) is 0 Å². The summed E-state index contributed by atoms with van der Waals surface area (Å²) in [5, 5.41) is 63.1. The summed E-state index contributed by atoms with van der Waals surface area (Å²) >= 11 is 0. The molecule has 10 aromatic carbocycles. The Hall–Kier alpha value is -9.25. The fourth-order valence-corrected chi connectivity index (χ4v) is 13.5. The number of hydrogen-bond donors (Lipinski definition) is 10. The Kier molecular flexibility index (Phi) is 16.1. The minimum Gasteiger partial charge on any atom is -0.507 e. The summed E-state index contributed by atoms with van der Waals surface area (Å²) in [5.74, 6) is -1.80. The SMILES string of the molecule is O=S(=O)(O)c1ccc(-c2cc3c(O)c(c2)Cc2cc(-c4ccc(S(=O)(=O)O)cc4)cc(c2O)Cc2cc(-c4ccc(S(=O)(=O)O)cc4)cc(c2O)Cc2cc(-c4ccc(S(=O)(=O)O)cc4)cc(c2O)Cc2cc(-c4ccc(S(=O)(=O)O)cc4)cc(c2O)C3)cc1. The quantitative estimate of drug-likeness (QED) is 0.0569. The lowest BCUT2D eigenvalue weighted by Crippen LogP contribution is -2.03. The second-order valence-electron chi connectivity index (χ2n) is 21.6. The van der Waals surface area contributed by atoms with Gasteiger partial charge in [-0.3, -0.25) is 22.8 Å². The number of hydrogen-bond acceptors (Lipinski definition) is 15. The van der Waals surface area contributed by atoms with E-state index in [1.54, 1.807) is 60.7 Å². The monoisotopic (exact) mass is 1310 g/mol. The van der Waals surface area contributed by atoms with E-state index in [2.05, 4.69) is 0 Å². The van der Waals surface area contributed by atoms with E-state index < -0.39 is 75.1 Å². The van der Waals surface area contributed by atoms with Crippen molar-refractivity contribution in [1.82, 2.24) is 0 Å². The number of phenolic OH excluding ortho intramolecular Hbond substituents is 5. The van der Waals surface area contributed by atoms with Crippen LogP contribution in [0.25, 0.3) is 55.6 Å². The third-order valence-corrected chi connectivity index (χ3v) is 20.0. The summed E-state index contributed by atoms with van der Waals surface area (Å²) in [6, 6.07) is 41.3. The van der Waals surface area contributed by atoms with Gasteiger partial charge in [-0.1, -0.05) is 60.7 Å². The summed E-state index contributed by atoms with van der Waals surface area (Å²) in [5.41, 5.74) is 5.06. The van der Waals surface area contributed by atoms with Crippen molar-refractivity contribution in [2.75, 3.05) is 0 Å². The maximum atomic E-state index is 12.6. The molecule has 1 aliphatic rings. The zero-order valence-corrected chi connectivity index (χ0v) is 50.5. The topological polar surface area (TPSA) is 373 Å². The largest absolute Gasteiger partial charge is 0.507 e. The molecule has 25 heteroatoms. The molecule has 90 heavy (non-hydrogen) atoms. The van der Waals surface area contributed by atoms with E-state index in [0.717, 1.165) is 60.7 Å². The average molecular weight is 1310 g/mol. The number of benzene rings is 10. The molecule has 0 saturated carbocycles. The van der Waals surface area contributed by atoms with Crippen LogP contribution >= 0.6 is 0 Å². The fraction of sp³-hybridized carbons (Fsp3) is 0.0769. The van der Waals surface area contributed by atoms with Gasteiger partial charge in [-0.25, -0.2) is 0 Å². The van der Waals surface area contributed by atoms with Crippen LogP contribution < -0.4 is 0 Å². The van der Waals surface area contributed by atoms with Crippen molar-refractivity contribution in [1.29, 1.82) is 0 Å². The molecule has 20 nitrogen and oxygen atoms in total. The Morgan fingerprint density at radius 2 is 0.300 bits per heavy atom. The molecular formula is C65H50O20S5. The molecule has 0 amide bonds. The maximum Gasteiger partial charge on any atom is 0.294 e. The molecule has 0 spiro atoms. The fourth-order valence-electron chi connectivity index (χ4n) is 11.1. The van der Waals surface area contributed by atoms with Gasteiger partial charge in [0.1, 0.15) is 28.7 Å². The predicted molar refractivity (Wildman–Crippen MR) is 331 cm³/mol. The van der Waals surface area contributed by atoms with E-state index in [-0.39, 0.29) is 116 Å². The second-order valence-corrected chi connectivity index (χ2v) is 28.7. The molecule has 0 atom stereocenters. The van der Waals surface area contributed by atoms with Crippen LogP contribution in [0.3, 0.4) is 0 Å². The third kappa shape index (κ3) is 13.1.